The number of carbonyl (C=O) groups is 1. The molecule has 0 bridgehead atoms. The SMILES string of the molecule is CCNC1(C(=O)OCC)CCCC1CCN(C)CC(F)F. The third-order valence-electron chi connectivity index (χ3n) is 4.26. The van der Waals surface area contributed by atoms with Gasteiger partial charge in [-0.05, 0) is 52.2 Å². The van der Waals surface area contributed by atoms with Gasteiger partial charge in [-0.25, -0.2) is 8.78 Å². The van der Waals surface area contributed by atoms with Crippen molar-refractivity contribution < 1.29 is 18.3 Å². The number of likely N-dealkylation sites (N-methyl/N-ethyl adjacent to an activating group) is 1. The molecule has 1 aliphatic carbocycles. The zero-order valence-electron chi connectivity index (χ0n) is 13.3. The van der Waals surface area contributed by atoms with Crippen LogP contribution in [-0.4, -0.2) is 56.1 Å². The van der Waals surface area contributed by atoms with Gasteiger partial charge in [0.25, 0.3) is 6.43 Å². The minimum Gasteiger partial charge on any atom is -0.465 e. The van der Waals surface area contributed by atoms with Crippen molar-refractivity contribution in [3.63, 3.8) is 0 Å². The normalized spacial score (nSPS) is 25.8. The molecule has 4 nitrogen and oxygen atoms in total. The molecule has 0 aromatic rings. The smallest absolute Gasteiger partial charge is 0.326 e. The Kier molecular flexibility index (Phi) is 7.52. The van der Waals surface area contributed by atoms with Gasteiger partial charge in [0.15, 0.2) is 0 Å². The van der Waals surface area contributed by atoms with Gasteiger partial charge in [0.1, 0.15) is 5.54 Å². The average molecular weight is 306 g/mol. The van der Waals surface area contributed by atoms with Crippen LogP contribution in [0.1, 0.15) is 39.5 Å². The summed E-state index contributed by atoms with van der Waals surface area (Å²) in [6, 6.07) is 0. The molecule has 0 aromatic carbocycles. The van der Waals surface area contributed by atoms with Crippen LogP contribution >= 0.6 is 0 Å². The Hall–Kier alpha value is -0.750. The van der Waals surface area contributed by atoms with Gasteiger partial charge < -0.3 is 15.0 Å². The van der Waals surface area contributed by atoms with E-state index in [-0.39, 0.29) is 18.4 Å². The molecule has 0 heterocycles. The molecule has 2 unspecified atom stereocenters. The molecule has 1 saturated carbocycles. The Morgan fingerprint density at radius 2 is 2.19 bits per heavy atom. The highest BCUT2D eigenvalue weighted by Crippen LogP contribution is 2.39. The summed E-state index contributed by atoms with van der Waals surface area (Å²) in [4.78, 5) is 14.0. The minimum atomic E-state index is -2.32. The monoisotopic (exact) mass is 306 g/mol. The summed E-state index contributed by atoms with van der Waals surface area (Å²) in [5.74, 6) is -0.0394. The summed E-state index contributed by atoms with van der Waals surface area (Å²) >= 11 is 0. The number of halogens is 2. The molecular weight excluding hydrogens is 278 g/mol. The lowest BCUT2D eigenvalue weighted by atomic mass is 9.84. The maximum atomic E-state index is 12.4. The molecule has 0 saturated heterocycles. The van der Waals surface area contributed by atoms with Gasteiger partial charge in [0, 0.05) is 0 Å². The van der Waals surface area contributed by atoms with Crippen LogP contribution in [0.15, 0.2) is 0 Å². The molecule has 6 heteroatoms. The Morgan fingerprint density at radius 3 is 2.76 bits per heavy atom. The fourth-order valence-corrected chi connectivity index (χ4v) is 3.32. The molecule has 1 rings (SSSR count). The largest absolute Gasteiger partial charge is 0.465 e. The number of hydrogen-bond acceptors (Lipinski definition) is 4. The number of rotatable bonds is 9. The highest BCUT2D eigenvalue weighted by Gasteiger charge is 2.49. The van der Waals surface area contributed by atoms with Crippen LogP contribution in [0.5, 0.6) is 0 Å². The van der Waals surface area contributed by atoms with Crippen LogP contribution < -0.4 is 5.32 Å². The van der Waals surface area contributed by atoms with E-state index in [0.717, 1.165) is 25.7 Å². The fraction of sp³-hybridized carbons (Fsp3) is 0.933. The number of hydrogen-bond donors (Lipinski definition) is 1. The number of ether oxygens (including phenoxy) is 1. The van der Waals surface area contributed by atoms with Gasteiger partial charge in [0.2, 0.25) is 0 Å². The molecule has 2 atom stereocenters. The minimum absolute atomic E-state index is 0.150. The van der Waals surface area contributed by atoms with Crippen molar-refractivity contribution in [2.75, 3.05) is 33.3 Å². The van der Waals surface area contributed by atoms with Crippen molar-refractivity contribution >= 4 is 5.97 Å². The molecule has 0 amide bonds. The second-order valence-electron chi connectivity index (χ2n) is 5.75. The molecule has 1 aliphatic rings. The number of alkyl halides is 2. The number of nitrogens with one attached hydrogen (secondary N) is 1. The van der Waals surface area contributed by atoms with E-state index in [2.05, 4.69) is 5.32 Å². The maximum absolute atomic E-state index is 12.4. The van der Waals surface area contributed by atoms with E-state index in [4.69, 9.17) is 4.74 Å². The van der Waals surface area contributed by atoms with Crippen molar-refractivity contribution in [2.45, 2.75) is 51.5 Å². The molecule has 1 fully saturated rings. The maximum Gasteiger partial charge on any atom is 0.326 e. The third-order valence-corrected chi connectivity index (χ3v) is 4.26. The van der Waals surface area contributed by atoms with Crippen molar-refractivity contribution in [2.24, 2.45) is 5.92 Å². The predicted octanol–water partition coefficient (Wildman–Crippen LogP) is 2.28. The summed E-state index contributed by atoms with van der Waals surface area (Å²) in [5, 5.41) is 3.32. The topological polar surface area (TPSA) is 41.6 Å². The molecule has 0 aliphatic heterocycles. The summed E-state index contributed by atoms with van der Waals surface area (Å²) in [6.07, 6.45) is 1.09. The lowest BCUT2D eigenvalue weighted by molar-refractivity contribution is -0.153. The van der Waals surface area contributed by atoms with Crippen LogP contribution in [0, 0.1) is 5.92 Å². The number of esters is 1. The van der Waals surface area contributed by atoms with Crippen molar-refractivity contribution in [3.05, 3.63) is 0 Å². The van der Waals surface area contributed by atoms with Crippen LogP contribution in [0.25, 0.3) is 0 Å². The van der Waals surface area contributed by atoms with Gasteiger partial charge in [-0.15, -0.1) is 0 Å². The van der Waals surface area contributed by atoms with Crippen LogP contribution in [0.4, 0.5) is 8.78 Å². The van der Waals surface area contributed by atoms with E-state index in [9.17, 15) is 13.6 Å². The highest BCUT2D eigenvalue weighted by molar-refractivity contribution is 5.81. The van der Waals surface area contributed by atoms with Crippen molar-refractivity contribution in [1.29, 1.82) is 0 Å². The van der Waals surface area contributed by atoms with Crippen LogP contribution in [0.2, 0.25) is 0 Å². The van der Waals surface area contributed by atoms with E-state index >= 15 is 0 Å². The summed E-state index contributed by atoms with van der Waals surface area (Å²) in [6.45, 7) is 5.19. The Labute approximate surface area is 126 Å². The van der Waals surface area contributed by atoms with Gasteiger partial charge >= 0.3 is 5.97 Å². The Balaban J connectivity index is 2.67. The summed E-state index contributed by atoms with van der Waals surface area (Å²) in [7, 11) is 1.69. The van der Waals surface area contributed by atoms with E-state index in [1.165, 1.54) is 0 Å². The first-order valence-electron chi connectivity index (χ1n) is 7.85. The zero-order valence-corrected chi connectivity index (χ0v) is 13.3. The summed E-state index contributed by atoms with van der Waals surface area (Å²) < 4.78 is 30.0. The van der Waals surface area contributed by atoms with Crippen molar-refractivity contribution in [3.8, 4) is 0 Å². The van der Waals surface area contributed by atoms with Crippen LogP contribution in [0.3, 0.4) is 0 Å². The molecular formula is C15H28F2N2O2. The van der Waals surface area contributed by atoms with E-state index in [0.29, 0.717) is 19.7 Å². The number of nitrogens with zero attached hydrogens (tertiary/aromatic N) is 1. The average Bonchev–Trinajstić information content (AvgIpc) is 2.80. The second kappa shape index (κ2) is 8.63. The Morgan fingerprint density at radius 1 is 1.48 bits per heavy atom. The fourth-order valence-electron chi connectivity index (χ4n) is 3.32. The molecule has 0 aromatic heterocycles. The standard InChI is InChI=1S/C15H28F2N2O2/c1-4-18-15(14(20)21-5-2)9-6-7-12(15)8-10-19(3)11-13(16)17/h12-13,18H,4-11H2,1-3H3. The predicted molar refractivity (Wildman–Crippen MR) is 78.5 cm³/mol. The Bertz CT molecular complexity index is 329. The molecule has 0 radical (unpaired) electrons. The van der Waals surface area contributed by atoms with Gasteiger partial charge in [0.05, 0.1) is 13.2 Å². The molecule has 1 N–H and O–H groups in total. The van der Waals surface area contributed by atoms with Gasteiger partial charge in [-0.3, -0.25) is 4.79 Å². The molecule has 0 spiro atoms. The second-order valence-corrected chi connectivity index (χ2v) is 5.75. The van der Waals surface area contributed by atoms with E-state index in [1.807, 2.05) is 6.92 Å². The number of carbonyl (C=O) groups excluding carboxylic acids is 1. The van der Waals surface area contributed by atoms with Gasteiger partial charge in [-0.1, -0.05) is 13.3 Å². The molecule has 21 heavy (non-hydrogen) atoms. The third kappa shape index (κ3) is 4.88. The van der Waals surface area contributed by atoms with Gasteiger partial charge in [-0.2, -0.15) is 0 Å². The molecule has 124 valence electrons. The van der Waals surface area contributed by atoms with E-state index in [1.54, 1.807) is 18.9 Å². The lowest BCUT2D eigenvalue weighted by Gasteiger charge is -2.34. The van der Waals surface area contributed by atoms with E-state index < -0.39 is 12.0 Å². The van der Waals surface area contributed by atoms with Crippen molar-refractivity contribution in [1.82, 2.24) is 10.2 Å². The first kappa shape index (κ1) is 18.3. The quantitative estimate of drug-likeness (QED) is 0.664. The van der Waals surface area contributed by atoms with Crippen LogP contribution in [-0.2, 0) is 9.53 Å². The zero-order chi connectivity index (χ0) is 15.9. The highest BCUT2D eigenvalue weighted by atomic mass is 19.3. The summed E-state index contributed by atoms with van der Waals surface area (Å²) in [5.41, 5.74) is -0.629. The first-order valence-corrected chi connectivity index (χ1v) is 7.85. The first-order chi connectivity index (χ1) is 9.96. The lowest BCUT2D eigenvalue weighted by Crippen LogP contribution is -2.56.